The van der Waals surface area contributed by atoms with Gasteiger partial charge in [0.05, 0.1) is 13.7 Å². The molecule has 1 aromatic carbocycles. The first-order valence-electron chi connectivity index (χ1n) is 8.43. The van der Waals surface area contributed by atoms with Crippen molar-refractivity contribution >= 4 is 17.7 Å². The summed E-state index contributed by atoms with van der Waals surface area (Å²) in [6.45, 7) is 1.33. The van der Waals surface area contributed by atoms with Crippen molar-refractivity contribution in [3.8, 4) is 11.5 Å². The van der Waals surface area contributed by atoms with E-state index in [-0.39, 0.29) is 5.91 Å². The van der Waals surface area contributed by atoms with Crippen molar-refractivity contribution in [2.75, 3.05) is 26.0 Å². The fourth-order valence-corrected chi connectivity index (χ4v) is 3.87. The molecule has 1 aliphatic carbocycles. The topological polar surface area (TPSA) is 47.6 Å². The molecule has 0 bridgehead atoms. The summed E-state index contributed by atoms with van der Waals surface area (Å²) < 4.78 is 10.7. The summed E-state index contributed by atoms with van der Waals surface area (Å²) in [5, 5.41) is 3.81. The molecule has 128 valence electrons. The van der Waals surface area contributed by atoms with Gasteiger partial charge in [-0.2, -0.15) is 11.8 Å². The fourth-order valence-electron chi connectivity index (χ4n) is 2.65. The molecule has 1 aromatic rings. The minimum Gasteiger partial charge on any atom is -0.497 e. The van der Waals surface area contributed by atoms with Gasteiger partial charge >= 0.3 is 0 Å². The normalized spacial score (nSPS) is 14.7. The van der Waals surface area contributed by atoms with Crippen LogP contribution in [0.25, 0.3) is 0 Å². The Bertz CT molecular complexity index is 458. The molecule has 0 atom stereocenters. The van der Waals surface area contributed by atoms with Gasteiger partial charge in [0.2, 0.25) is 5.91 Å². The van der Waals surface area contributed by atoms with E-state index in [0.29, 0.717) is 13.0 Å². The Morgan fingerprint density at radius 2 is 1.91 bits per heavy atom. The van der Waals surface area contributed by atoms with E-state index in [1.807, 2.05) is 36.0 Å². The molecule has 0 aromatic heterocycles. The summed E-state index contributed by atoms with van der Waals surface area (Å²) >= 11 is 2.00. The fraction of sp³-hybridized carbons (Fsp3) is 0.611. The molecule has 1 aliphatic rings. The van der Waals surface area contributed by atoms with Gasteiger partial charge < -0.3 is 14.8 Å². The quantitative estimate of drug-likeness (QED) is 0.662. The molecular formula is C18H27NO3S. The van der Waals surface area contributed by atoms with Crippen molar-refractivity contribution in [2.24, 2.45) is 0 Å². The van der Waals surface area contributed by atoms with Gasteiger partial charge in [0, 0.05) is 24.0 Å². The van der Waals surface area contributed by atoms with Crippen LogP contribution in [0.2, 0.25) is 0 Å². The standard InChI is InChI=1S/C18H27NO3S/c1-21-15-8-10-16(11-9-15)22-13-4-7-18(20)19-12-14-23-17-5-2-3-6-17/h8-11,17H,2-7,12-14H2,1H3,(H,19,20). The van der Waals surface area contributed by atoms with Gasteiger partial charge in [-0.05, 0) is 43.5 Å². The number of benzene rings is 1. The molecule has 0 aliphatic heterocycles. The first-order valence-corrected chi connectivity index (χ1v) is 9.48. The number of hydrogen-bond donors (Lipinski definition) is 1. The SMILES string of the molecule is COc1ccc(OCCCC(=O)NCCSC2CCCC2)cc1. The molecule has 0 heterocycles. The highest BCUT2D eigenvalue weighted by Crippen LogP contribution is 2.28. The van der Waals surface area contributed by atoms with Crippen molar-refractivity contribution in [1.82, 2.24) is 5.32 Å². The van der Waals surface area contributed by atoms with E-state index >= 15 is 0 Å². The summed E-state index contributed by atoms with van der Waals surface area (Å²) in [5.74, 6) is 2.76. The highest BCUT2D eigenvalue weighted by atomic mass is 32.2. The zero-order valence-corrected chi connectivity index (χ0v) is 14.7. The van der Waals surface area contributed by atoms with Crippen LogP contribution in [-0.2, 0) is 4.79 Å². The van der Waals surface area contributed by atoms with E-state index in [2.05, 4.69) is 5.32 Å². The highest BCUT2D eigenvalue weighted by molar-refractivity contribution is 7.99. The first-order chi connectivity index (χ1) is 11.3. The Balaban J connectivity index is 1.47. The number of amides is 1. The summed E-state index contributed by atoms with van der Waals surface area (Å²) in [4.78, 5) is 11.7. The zero-order valence-electron chi connectivity index (χ0n) is 13.9. The van der Waals surface area contributed by atoms with Gasteiger partial charge in [0.25, 0.3) is 0 Å². The molecule has 0 radical (unpaired) electrons. The maximum absolute atomic E-state index is 11.7. The molecule has 5 heteroatoms. The third-order valence-corrected chi connectivity index (χ3v) is 5.34. The predicted molar refractivity (Wildman–Crippen MR) is 95.4 cm³/mol. The van der Waals surface area contributed by atoms with Gasteiger partial charge in [-0.3, -0.25) is 4.79 Å². The van der Waals surface area contributed by atoms with Crippen LogP contribution in [0.5, 0.6) is 11.5 Å². The van der Waals surface area contributed by atoms with Gasteiger partial charge in [-0.1, -0.05) is 12.8 Å². The molecule has 0 unspecified atom stereocenters. The lowest BCUT2D eigenvalue weighted by atomic mass is 10.3. The Morgan fingerprint density at radius 1 is 1.22 bits per heavy atom. The van der Waals surface area contributed by atoms with Crippen LogP contribution >= 0.6 is 11.8 Å². The van der Waals surface area contributed by atoms with Gasteiger partial charge in [0.15, 0.2) is 0 Å². The summed E-state index contributed by atoms with van der Waals surface area (Å²) in [7, 11) is 1.64. The number of hydrogen-bond acceptors (Lipinski definition) is 4. The molecular weight excluding hydrogens is 310 g/mol. The maximum atomic E-state index is 11.7. The highest BCUT2D eigenvalue weighted by Gasteiger charge is 2.14. The lowest BCUT2D eigenvalue weighted by molar-refractivity contribution is -0.121. The van der Waals surface area contributed by atoms with Crippen LogP contribution in [0.4, 0.5) is 0 Å². The molecule has 0 saturated heterocycles. The van der Waals surface area contributed by atoms with E-state index in [1.165, 1.54) is 25.7 Å². The minimum atomic E-state index is 0.121. The predicted octanol–water partition coefficient (Wildman–Crippen LogP) is 3.65. The van der Waals surface area contributed by atoms with Crippen molar-refractivity contribution < 1.29 is 14.3 Å². The largest absolute Gasteiger partial charge is 0.497 e. The molecule has 1 N–H and O–H groups in total. The third-order valence-electron chi connectivity index (χ3n) is 3.96. The average Bonchev–Trinajstić information content (AvgIpc) is 3.09. The van der Waals surface area contributed by atoms with Gasteiger partial charge in [-0.15, -0.1) is 0 Å². The van der Waals surface area contributed by atoms with E-state index in [9.17, 15) is 4.79 Å². The van der Waals surface area contributed by atoms with Gasteiger partial charge in [0.1, 0.15) is 11.5 Å². The summed E-state index contributed by atoms with van der Waals surface area (Å²) in [5.41, 5.74) is 0. The van der Waals surface area contributed by atoms with Crippen LogP contribution in [-0.4, -0.2) is 37.2 Å². The van der Waals surface area contributed by atoms with Gasteiger partial charge in [-0.25, -0.2) is 0 Å². The number of ether oxygens (including phenoxy) is 2. The van der Waals surface area contributed by atoms with Crippen LogP contribution in [0.15, 0.2) is 24.3 Å². The van der Waals surface area contributed by atoms with E-state index in [4.69, 9.17) is 9.47 Å². The second kappa shape index (κ2) is 10.4. The Labute approximate surface area is 143 Å². The molecule has 0 spiro atoms. The number of thioether (sulfide) groups is 1. The molecule has 4 nitrogen and oxygen atoms in total. The van der Waals surface area contributed by atoms with Crippen LogP contribution < -0.4 is 14.8 Å². The lowest BCUT2D eigenvalue weighted by Gasteiger charge is -2.10. The minimum absolute atomic E-state index is 0.121. The van der Waals surface area contributed by atoms with Crippen molar-refractivity contribution in [1.29, 1.82) is 0 Å². The smallest absolute Gasteiger partial charge is 0.220 e. The summed E-state index contributed by atoms with van der Waals surface area (Å²) in [6, 6.07) is 7.48. The van der Waals surface area contributed by atoms with E-state index in [0.717, 1.165) is 35.5 Å². The average molecular weight is 337 g/mol. The molecule has 23 heavy (non-hydrogen) atoms. The second-order valence-electron chi connectivity index (χ2n) is 5.75. The number of rotatable bonds is 10. The Morgan fingerprint density at radius 3 is 2.61 bits per heavy atom. The van der Waals surface area contributed by atoms with Crippen LogP contribution in [0.1, 0.15) is 38.5 Å². The van der Waals surface area contributed by atoms with E-state index < -0.39 is 0 Å². The number of nitrogens with one attached hydrogen (secondary N) is 1. The first kappa shape index (κ1) is 18.0. The molecule has 1 fully saturated rings. The van der Waals surface area contributed by atoms with Crippen molar-refractivity contribution in [3.05, 3.63) is 24.3 Å². The van der Waals surface area contributed by atoms with Crippen molar-refractivity contribution in [3.63, 3.8) is 0 Å². The molecule has 1 saturated carbocycles. The molecule has 2 rings (SSSR count). The van der Waals surface area contributed by atoms with Crippen LogP contribution in [0.3, 0.4) is 0 Å². The monoisotopic (exact) mass is 337 g/mol. The zero-order chi connectivity index (χ0) is 16.3. The number of carbonyl (C=O) groups is 1. The van der Waals surface area contributed by atoms with Crippen molar-refractivity contribution in [2.45, 2.75) is 43.8 Å². The Hall–Kier alpha value is -1.36. The second-order valence-corrected chi connectivity index (χ2v) is 7.16. The maximum Gasteiger partial charge on any atom is 0.220 e. The number of methoxy groups -OCH3 is 1. The summed E-state index contributed by atoms with van der Waals surface area (Å²) in [6.07, 6.45) is 6.69. The Kier molecular flexibility index (Phi) is 8.15. The lowest BCUT2D eigenvalue weighted by Crippen LogP contribution is -2.26. The van der Waals surface area contributed by atoms with E-state index in [1.54, 1.807) is 7.11 Å². The molecule has 1 amide bonds. The van der Waals surface area contributed by atoms with Crippen LogP contribution in [0, 0.1) is 0 Å². The number of carbonyl (C=O) groups excluding carboxylic acids is 1. The third kappa shape index (κ3) is 7.16.